The van der Waals surface area contributed by atoms with Crippen LogP contribution in [0.1, 0.15) is 65.2 Å². The first-order valence-corrected chi connectivity index (χ1v) is 13.0. The van der Waals surface area contributed by atoms with Crippen molar-refractivity contribution >= 4 is 11.8 Å². The van der Waals surface area contributed by atoms with E-state index in [0.29, 0.717) is 43.9 Å². The molecule has 3 heterocycles. The van der Waals surface area contributed by atoms with Crippen LogP contribution < -0.4 is 21.5 Å². The molecular weight excluding hydrogens is 420 g/mol. The Bertz CT molecular complexity index is 693. The molecular formula is C24H44N6O3. The molecule has 0 bridgehead atoms. The maximum atomic E-state index is 13.1. The van der Waals surface area contributed by atoms with Gasteiger partial charge in [-0.05, 0) is 70.9 Å². The molecule has 2 amide bonds. The highest BCUT2D eigenvalue weighted by Crippen LogP contribution is 2.33. The average Bonchev–Trinajstić information content (AvgIpc) is 3.37. The SMILES string of the molecule is C[C@H](CC1NNCN1C)C1CCCC(NC(=O)C2CC(C(=O)N3C[C@@H](O)C[C@@H]3C)CCN2)C1. The van der Waals surface area contributed by atoms with Gasteiger partial charge in [-0.15, -0.1) is 0 Å². The first kappa shape index (κ1) is 24.9. The molecule has 0 aromatic carbocycles. The number of aliphatic hydroxyl groups is 1. The third-order valence-corrected chi connectivity index (χ3v) is 8.50. The molecule has 5 N–H and O–H groups in total. The fourth-order valence-electron chi connectivity index (χ4n) is 6.36. The quantitative estimate of drug-likeness (QED) is 0.386. The minimum Gasteiger partial charge on any atom is -0.391 e. The van der Waals surface area contributed by atoms with E-state index in [0.717, 1.165) is 38.8 Å². The van der Waals surface area contributed by atoms with Crippen molar-refractivity contribution in [3.8, 4) is 0 Å². The van der Waals surface area contributed by atoms with Gasteiger partial charge in [0.25, 0.3) is 0 Å². The lowest BCUT2D eigenvalue weighted by Crippen LogP contribution is -2.54. The lowest BCUT2D eigenvalue weighted by atomic mass is 9.77. The van der Waals surface area contributed by atoms with Crippen molar-refractivity contribution in [3.05, 3.63) is 0 Å². The molecule has 188 valence electrons. The highest BCUT2D eigenvalue weighted by molar-refractivity contribution is 5.85. The number of rotatable bonds is 6. The summed E-state index contributed by atoms with van der Waals surface area (Å²) in [5, 5.41) is 16.6. The van der Waals surface area contributed by atoms with Crippen molar-refractivity contribution in [2.45, 2.75) is 95.6 Å². The lowest BCUT2D eigenvalue weighted by molar-refractivity contribution is -0.138. The molecule has 3 aliphatic heterocycles. The fraction of sp³-hybridized carbons (Fsp3) is 0.917. The van der Waals surface area contributed by atoms with Crippen LogP contribution in [0.5, 0.6) is 0 Å². The van der Waals surface area contributed by atoms with Crippen LogP contribution in [0.3, 0.4) is 0 Å². The summed E-state index contributed by atoms with van der Waals surface area (Å²) in [4.78, 5) is 30.3. The maximum Gasteiger partial charge on any atom is 0.237 e. The number of β-amino-alcohol motifs (C(OH)–C–C–N with tert-alkyl or cyclic N) is 1. The van der Waals surface area contributed by atoms with Crippen LogP contribution in [0.2, 0.25) is 0 Å². The number of hydrogen-bond donors (Lipinski definition) is 5. The summed E-state index contributed by atoms with van der Waals surface area (Å²) in [7, 11) is 2.13. The van der Waals surface area contributed by atoms with Gasteiger partial charge in [-0.3, -0.25) is 14.5 Å². The second-order valence-electron chi connectivity index (χ2n) is 11.1. The van der Waals surface area contributed by atoms with Gasteiger partial charge in [0.05, 0.1) is 25.0 Å². The second kappa shape index (κ2) is 11.0. The van der Waals surface area contributed by atoms with E-state index in [4.69, 9.17) is 0 Å². The number of nitrogens with one attached hydrogen (secondary N) is 4. The predicted molar refractivity (Wildman–Crippen MR) is 127 cm³/mol. The van der Waals surface area contributed by atoms with Crippen molar-refractivity contribution in [2.24, 2.45) is 17.8 Å². The highest BCUT2D eigenvalue weighted by atomic mass is 16.3. The van der Waals surface area contributed by atoms with E-state index in [9.17, 15) is 14.7 Å². The summed E-state index contributed by atoms with van der Waals surface area (Å²) in [5.41, 5.74) is 6.56. The smallest absolute Gasteiger partial charge is 0.237 e. The van der Waals surface area contributed by atoms with Gasteiger partial charge < -0.3 is 20.6 Å². The average molecular weight is 465 g/mol. The van der Waals surface area contributed by atoms with Crippen LogP contribution >= 0.6 is 0 Å². The zero-order valence-electron chi connectivity index (χ0n) is 20.6. The van der Waals surface area contributed by atoms with E-state index >= 15 is 0 Å². The Morgan fingerprint density at radius 1 is 1.18 bits per heavy atom. The molecule has 4 fully saturated rings. The van der Waals surface area contributed by atoms with Crippen molar-refractivity contribution in [1.29, 1.82) is 0 Å². The molecule has 1 saturated carbocycles. The van der Waals surface area contributed by atoms with Gasteiger partial charge in [0, 0.05) is 24.5 Å². The number of hydrazine groups is 1. The molecule has 0 spiro atoms. The fourth-order valence-corrected chi connectivity index (χ4v) is 6.36. The first-order chi connectivity index (χ1) is 15.8. The van der Waals surface area contributed by atoms with Gasteiger partial charge >= 0.3 is 0 Å². The molecule has 4 rings (SSSR count). The molecule has 5 unspecified atom stereocenters. The molecule has 0 radical (unpaired) electrons. The number of hydrogen-bond acceptors (Lipinski definition) is 7. The zero-order chi connectivity index (χ0) is 23.5. The van der Waals surface area contributed by atoms with Crippen LogP contribution in [0, 0.1) is 17.8 Å². The number of nitrogens with zero attached hydrogens (tertiary/aromatic N) is 2. The summed E-state index contributed by atoms with van der Waals surface area (Å²) >= 11 is 0. The van der Waals surface area contributed by atoms with Crippen LogP contribution in [0.25, 0.3) is 0 Å². The first-order valence-electron chi connectivity index (χ1n) is 13.0. The molecule has 3 saturated heterocycles. The molecule has 0 aromatic heterocycles. The summed E-state index contributed by atoms with van der Waals surface area (Å²) in [5.74, 6) is 1.22. The normalized spacial score (nSPS) is 38.9. The number of carbonyl (C=O) groups excluding carboxylic acids is 2. The Labute approximate surface area is 198 Å². The molecule has 0 aromatic rings. The zero-order valence-corrected chi connectivity index (χ0v) is 20.6. The summed E-state index contributed by atoms with van der Waals surface area (Å²) in [6.07, 6.45) is 7.45. The van der Waals surface area contributed by atoms with E-state index in [-0.39, 0.29) is 35.9 Å². The Hall–Kier alpha value is -1.26. The van der Waals surface area contributed by atoms with Crippen LogP contribution in [0.15, 0.2) is 0 Å². The van der Waals surface area contributed by atoms with E-state index in [1.807, 2.05) is 11.8 Å². The summed E-state index contributed by atoms with van der Waals surface area (Å²) in [6.45, 7) is 6.31. The molecule has 9 heteroatoms. The number of aliphatic hydroxyl groups excluding tert-OH is 1. The lowest BCUT2D eigenvalue weighted by Gasteiger charge is -2.37. The summed E-state index contributed by atoms with van der Waals surface area (Å²) < 4.78 is 0. The summed E-state index contributed by atoms with van der Waals surface area (Å²) in [6, 6.07) is -0.0145. The minimum atomic E-state index is -0.424. The highest BCUT2D eigenvalue weighted by Gasteiger charge is 2.39. The van der Waals surface area contributed by atoms with E-state index in [2.05, 4.69) is 40.4 Å². The van der Waals surface area contributed by atoms with Crippen LogP contribution in [0.4, 0.5) is 0 Å². The van der Waals surface area contributed by atoms with Crippen molar-refractivity contribution in [2.75, 3.05) is 26.8 Å². The van der Waals surface area contributed by atoms with E-state index in [1.165, 1.54) is 6.42 Å². The standard InChI is InChI=1S/C24H44N6O3/c1-15(9-22-28-26-14-29(22)3)17-5-4-6-19(11-17)27-23(32)21-12-18(7-8-25-21)24(33)30-13-20(31)10-16(30)2/h15-22,25-26,28,31H,4-14H2,1-3H3,(H,27,32)/t15-,16+,17?,18?,19?,20+,21?,22?/m1/s1. The van der Waals surface area contributed by atoms with Gasteiger partial charge in [-0.25, -0.2) is 10.9 Å². The van der Waals surface area contributed by atoms with Crippen molar-refractivity contribution in [3.63, 3.8) is 0 Å². The number of piperidine rings is 1. The Kier molecular flexibility index (Phi) is 8.28. The Morgan fingerprint density at radius 2 is 2.00 bits per heavy atom. The predicted octanol–water partition coefficient (Wildman–Crippen LogP) is 0.361. The largest absolute Gasteiger partial charge is 0.391 e. The van der Waals surface area contributed by atoms with Gasteiger partial charge in [0.2, 0.25) is 11.8 Å². The van der Waals surface area contributed by atoms with Crippen LogP contribution in [-0.2, 0) is 9.59 Å². The molecule has 1 aliphatic carbocycles. The Morgan fingerprint density at radius 3 is 2.70 bits per heavy atom. The third-order valence-electron chi connectivity index (χ3n) is 8.50. The molecule has 33 heavy (non-hydrogen) atoms. The van der Waals surface area contributed by atoms with Crippen molar-refractivity contribution < 1.29 is 14.7 Å². The number of amides is 2. The molecule has 4 aliphatic rings. The van der Waals surface area contributed by atoms with Gasteiger partial charge in [-0.1, -0.05) is 19.8 Å². The topological polar surface area (TPSA) is 109 Å². The molecule has 9 nitrogen and oxygen atoms in total. The number of likely N-dealkylation sites (tertiary alicyclic amines) is 1. The van der Waals surface area contributed by atoms with E-state index in [1.54, 1.807) is 0 Å². The Balaban J connectivity index is 1.26. The minimum absolute atomic E-state index is 0.0432. The van der Waals surface area contributed by atoms with Crippen LogP contribution in [-0.4, -0.2) is 83.9 Å². The van der Waals surface area contributed by atoms with Gasteiger partial charge in [0.15, 0.2) is 0 Å². The number of carbonyl (C=O) groups is 2. The third kappa shape index (κ3) is 6.06. The van der Waals surface area contributed by atoms with Gasteiger partial charge in [0.1, 0.15) is 0 Å². The van der Waals surface area contributed by atoms with Crippen molar-refractivity contribution in [1.82, 2.24) is 31.3 Å². The second-order valence-corrected chi connectivity index (χ2v) is 11.1. The van der Waals surface area contributed by atoms with Gasteiger partial charge in [-0.2, -0.15) is 0 Å². The van der Waals surface area contributed by atoms with E-state index < -0.39 is 6.10 Å². The molecule has 8 atom stereocenters. The monoisotopic (exact) mass is 464 g/mol. The maximum absolute atomic E-state index is 13.1.